The van der Waals surface area contributed by atoms with Crippen molar-refractivity contribution in [2.45, 2.75) is 12.5 Å². The number of nitrogens with zero attached hydrogens (tertiary/aromatic N) is 1. The van der Waals surface area contributed by atoms with E-state index in [-0.39, 0.29) is 5.96 Å². The largest absolute Gasteiger partial charge is 0.497 e. The highest BCUT2D eigenvalue weighted by Gasteiger charge is 2.34. The van der Waals surface area contributed by atoms with E-state index >= 15 is 0 Å². The predicted octanol–water partition coefficient (Wildman–Crippen LogP) is 2.98. The summed E-state index contributed by atoms with van der Waals surface area (Å²) in [5, 5.41) is 12.6. The summed E-state index contributed by atoms with van der Waals surface area (Å²) in [5.74, 6) is 1.09. The number of benzene rings is 2. The molecule has 2 N–H and O–H groups in total. The van der Waals surface area contributed by atoms with Gasteiger partial charge in [0.15, 0.2) is 0 Å². The molecule has 0 spiro atoms. The summed E-state index contributed by atoms with van der Waals surface area (Å²) in [7, 11) is 3.39. The second kappa shape index (κ2) is 5.93. The minimum atomic E-state index is -0.432. The summed E-state index contributed by atoms with van der Waals surface area (Å²) in [6.07, 6.45) is 0. The van der Waals surface area contributed by atoms with Crippen LogP contribution < -0.4 is 10.1 Å². The van der Waals surface area contributed by atoms with Gasteiger partial charge in [-0.25, -0.2) is 5.06 Å². The Bertz CT molecular complexity index is 732. The third-order valence-electron chi connectivity index (χ3n) is 4.16. The van der Waals surface area contributed by atoms with Gasteiger partial charge < -0.3 is 10.1 Å². The van der Waals surface area contributed by atoms with Crippen molar-refractivity contribution in [1.82, 2.24) is 10.4 Å². The summed E-state index contributed by atoms with van der Waals surface area (Å²) in [5.41, 5.74) is 2.85. The zero-order chi connectivity index (χ0) is 16.4. The van der Waals surface area contributed by atoms with Gasteiger partial charge in [-0.15, -0.1) is 0 Å². The Morgan fingerprint density at radius 2 is 1.87 bits per heavy atom. The van der Waals surface area contributed by atoms with E-state index in [1.807, 2.05) is 31.2 Å². The first kappa shape index (κ1) is 15.4. The molecule has 0 aliphatic carbocycles. The first-order valence-corrected chi connectivity index (χ1v) is 7.50. The van der Waals surface area contributed by atoms with Crippen molar-refractivity contribution in [1.29, 1.82) is 5.41 Å². The number of hydroxylamine groups is 2. The lowest BCUT2D eigenvalue weighted by molar-refractivity contribution is -0.126. The van der Waals surface area contributed by atoms with Crippen LogP contribution in [0.3, 0.4) is 0 Å². The van der Waals surface area contributed by atoms with E-state index in [0.29, 0.717) is 6.61 Å². The number of methoxy groups -OCH3 is 1. The smallest absolute Gasteiger partial charge is 0.216 e. The van der Waals surface area contributed by atoms with Crippen molar-refractivity contribution < 1.29 is 9.57 Å². The quantitative estimate of drug-likeness (QED) is 0.915. The van der Waals surface area contributed by atoms with E-state index in [0.717, 1.165) is 22.4 Å². The van der Waals surface area contributed by atoms with Gasteiger partial charge in [0.05, 0.1) is 12.6 Å². The van der Waals surface area contributed by atoms with Crippen molar-refractivity contribution in [3.8, 4) is 16.9 Å². The Morgan fingerprint density at radius 3 is 2.57 bits per heavy atom. The van der Waals surface area contributed by atoms with Gasteiger partial charge in [-0.1, -0.05) is 30.3 Å². The minimum Gasteiger partial charge on any atom is -0.497 e. The molecule has 1 atom stereocenters. The SMILES string of the molecule is COc1cccc(-c2cccc(C3(C)CON(C)C(=N)N3)c2)c1. The molecule has 1 unspecified atom stereocenters. The van der Waals surface area contributed by atoms with Crippen molar-refractivity contribution in [2.24, 2.45) is 0 Å². The van der Waals surface area contributed by atoms with Crippen molar-refractivity contribution in [3.05, 3.63) is 54.1 Å². The maximum Gasteiger partial charge on any atom is 0.216 e. The summed E-state index contributed by atoms with van der Waals surface area (Å²) >= 11 is 0. The van der Waals surface area contributed by atoms with Crippen LogP contribution in [0, 0.1) is 5.41 Å². The predicted molar refractivity (Wildman–Crippen MR) is 90.4 cm³/mol. The van der Waals surface area contributed by atoms with Gasteiger partial charge in [0.1, 0.15) is 12.4 Å². The third-order valence-corrected chi connectivity index (χ3v) is 4.16. The molecule has 0 aromatic heterocycles. The van der Waals surface area contributed by atoms with Gasteiger partial charge in [0.2, 0.25) is 5.96 Å². The number of ether oxygens (including phenoxy) is 1. The highest BCUT2D eigenvalue weighted by atomic mass is 16.7. The van der Waals surface area contributed by atoms with E-state index in [9.17, 15) is 0 Å². The van der Waals surface area contributed by atoms with Crippen LogP contribution in [0.2, 0.25) is 0 Å². The molecular weight excluding hydrogens is 290 g/mol. The second-order valence-electron chi connectivity index (χ2n) is 5.89. The first-order chi connectivity index (χ1) is 11.0. The van der Waals surface area contributed by atoms with Crippen molar-refractivity contribution in [2.75, 3.05) is 20.8 Å². The molecule has 120 valence electrons. The fraction of sp³-hybridized carbons (Fsp3) is 0.278. The molecule has 0 radical (unpaired) electrons. The lowest BCUT2D eigenvalue weighted by atomic mass is 9.90. The van der Waals surface area contributed by atoms with Crippen molar-refractivity contribution in [3.63, 3.8) is 0 Å². The van der Waals surface area contributed by atoms with Gasteiger partial charge in [-0.05, 0) is 41.8 Å². The zero-order valence-electron chi connectivity index (χ0n) is 13.6. The van der Waals surface area contributed by atoms with Gasteiger partial charge in [0.25, 0.3) is 0 Å². The lowest BCUT2D eigenvalue weighted by Crippen LogP contribution is -2.57. The Morgan fingerprint density at radius 1 is 1.17 bits per heavy atom. The average molecular weight is 311 g/mol. The molecule has 1 heterocycles. The number of hydrogen-bond acceptors (Lipinski definition) is 3. The molecule has 23 heavy (non-hydrogen) atoms. The summed E-state index contributed by atoms with van der Waals surface area (Å²) in [6.45, 7) is 2.51. The van der Waals surface area contributed by atoms with E-state index < -0.39 is 5.54 Å². The van der Waals surface area contributed by atoms with E-state index in [2.05, 4.69) is 29.6 Å². The van der Waals surface area contributed by atoms with E-state index in [4.69, 9.17) is 15.0 Å². The molecule has 5 nitrogen and oxygen atoms in total. The fourth-order valence-electron chi connectivity index (χ4n) is 2.67. The molecule has 1 saturated heterocycles. The van der Waals surface area contributed by atoms with Crippen LogP contribution >= 0.6 is 0 Å². The molecule has 2 aromatic rings. The molecule has 1 aliphatic rings. The van der Waals surface area contributed by atoms with E-state index in [1.165, 1.54) is 5.06 Å². The number of hydrogen-bond donors (Lipinski definition) is 2. The summed E-state index contributed by atoms with van der Waals surface area (Å²) < 4.78 is 5.30. The van der Waals surface area contributed by atoms with Gasteiger partial charge in [-0.2, -0.15) is 0 Å². The molecule has 5 heteroatoms. The first-order valence-electron chi connectivity index (χ1n) is 7.50. The van der Waals surface area contributed by atoms with Crippen LogP contribution in [0.1, 0.15) is 12.5 Å². The monoisotopic (exact) mass is 311 g/mol. The topological polar surface area (TPSA) is 57.6 Å². The Labute approximate surface area is 136 Å². The summed E-state index contributed by atoms with van der Waals surface area (Å²) in [4.78, 5) is 5.57. The van der Waals surface area contributed by atoms with Gasteiger partial charge in [0, 0.05) is 7.05 Å². The van der Waals surface area contributed by atoms with Crippen LogP contribution in [-0.4, -0.2) is 31.8 Å². The van der Waals surface area contributed by atoms with Crippen LogP contribution in [0.5, 0.6) is 5.75 Å². The Kier molecular flexibility index (Phi) is 3.96. The van der Waals surface area contributed by atoms with Crippen LogP contribution in [0.25, 0.3) is 11.1 Å². The standard InChI is InChI=1S/C18H21N3O2/c1-18(12-23-21(2)17(19)20-18)15-8-4-6-13(10-15)14-7-5-9-16(11-14)22-3/h4-11H,12H2,1-3H3,(H2,19,20). The Balaban J connectivity index is 1.95. The van der Waals surface area contributed by atoms with Crippen LogP contribution in [-0.2, 0) is 10.4 Å². The molecule has 0 saturated carbocycles. The van der Waals surface area contributed by atoms with Crippen molar-refractivity contribution >= 4 is 5.96 Å². The molecule has 3 rings (SSSR count). The van der Waals surface area contributed by atoms with Gasteiger partial charge in [-0.3, -0.25) is 10.2 Å². The highest BCUT2D eigenvalue weighted by Crippen LogP contribution is 2.30. The maximum atomic E-state index is 7.94. The fourth-order valence-corrected chi connectivity index (χ4v) is 2.67. The zero-order valence-corrected chi connectivity index (χ0v) is 13.6. The number of guanidine groups is 1. The second-order valence-corrected chi connectivity index (χ2v) is 5.89. The Hall–Kier alpha value is -2.53. The van der Waals surface area contributed by atoms with Crippen LogP contribution in [0.4, 0.5) is 0 Å². The summed E-state index contributed by atoms with van der Waals surface area (Å²) in [6, 6.07) is 16.3. The van der Waals surface area contributed by atoms with Crippen LogP contribution in [0.15, 0.2) is 48.5 Å². The normalized spacial score (nSPS) is 21.0. The molecule has 2 aromatic carbocycles. The molecule has 0 amide bonds. The molecular formula is C18H21N3O2. The molecule has 1 aliphatic heterocycles. The number of nitrogens with one attached hydrogen (secondary N) is 2. The number of rotatable bonds is 3. The maximum absolute atomic E-state index is 7.94. The van der Waals surface area contributed by atoms with Gasteiger partial charge >= 0.3 is 0 Å². The average Bonchev–Trinajstić information content (AvgIpc) is 2.59. The minimum absolute atomic E-state index is 0.255. The molecule has 0 bridgehead atoms. The lowest BCUT2D eigenvalue weighted by Gasteiger charge is -2.40. The third kappa shape index (κ3) is 3.00. The highest BCUT2D eigenvalue weighted by molar-refractivity contribution is 5.77. The van der Waals surface area contributed by atoms with E-state index in [1.54, 1.807) is 14.2 Å². The molecule has 1 fully saturated rings.